The van der Waals surface area contributed by atoms with Crippen LogP contribution >= 0.6 is 11.3 Å². The second kappa shape index (κ2) is 7.76. The van der Waals surface area contributed by atoms with Crippen LogP contribution in [0.1, 0.15) is 24.3 Å². The molecule has 3 N–H and O–H groups in total. The van der Waals surface area contributed by atoms with E-state index in [9.17, 15) is 8.42 Å². The van der Waals surface area contributed by atoms with Gasteiger partial charge in [-0.1, -0.05) is 25.7 Å². The molecule has 5 nitrogen and oxygen atoms in total. The van der Waals surface area contributed by atoms with Crippen molar-refractivity contribution >= 4 is 21.5 Å². The zero-order valence-electron chi connectivity index (χ0n) is 12.0. The Hall–Kier alpha value is -0.910. The van der Waals surface area contributed by atoms with E-state index in [4.69, 9.17) is 5.73 Å². The molecule has 0 saturated heterocycles. The first-order chi connectivity index (χ1) is 9.35. The number of hydrogen-bond acceptors (Lipinski definition) is 4. The highest BCUT2D eigenvalue weighted by molar-refractivity contribution is 7.87. The van der Waals surface area contributed by atoms with E-state index in [0.29, 0.717) is 19.6 Å². The molecule has 0 saturated carbocycles. The highest BCUT2D eigenvalue weighted by Gasteiger charge is 2.18. The van der Waals surface area contributed by atoms with E-state index >= 15 is 0 Å². The highest BCUT2D eigenvalue weighted by atomic mass is 32.2. The third kappa shape index (κ3) is 5.61. The molecule has 0 unspecified atom stereocenters. The topological polar surface area (TPSA) is 75.4 Å². The Labute approximate surface area is 125 Å². The van der Waals surface area contributed by atoms with E-state index in [1.54, 1.807) is 7.05 Å². The summed E-state index contributed by atoms with van der Waals surface area (Å²) in [5.74, 6) is 5.98. The predicted molar refractivity (Wildman–Crippen MR) is 83.5 cm³/mol. The van der Waals surface area contributed by atoms with Gasteiger partial charge in [0.05, 0.1) is 6.54 Å². The van der Waals surface area contributed by atoms with Crippen LogP contribution in [0.5, 0.6) is 0 Å². The van der Waals surface area contributed by atoms with E-state index in [0.717, 1.165) is 10.4 Å². The van der Waals surface area contributed by atoms with Crippen molar-refractivity contribution in [2.75, 3.05) is 20.1 Å². The minimum absolute atomic E-state index is 0.276. The molecule has 0 bridgehead atoms. The molecule has 0 aliphatic carbocycles. The van der Waals surface area contributed by atoms with Crippen molar-refractivity contribution in [1.82, 2.24) is 9.03 Å². The number of rotatable bonds is 6. The van der Waals surface area contributed by atoms with Crippen LogP contribution in [0.15, 0.2) is 11.4 Å². The van der Waals surface area contributed by atoms with Crippen LogP contribution in [-0.4, -0.2) is 32.9 Å². The predicted octanol–water partition coefficient (Wildman–Crippen LogP) is 0.981. The quantitative estimate of drug-likeness (QED) is 0.769. The maximum absolute atomic E-state index is 12.0. The number of nitrogens with zero attached hydrogens (tertiary/aromatic N) is 1. The standard InChI is InChI=1S/C13H21N3O2S2/c1-11(2)8-15-20(17,18)16(3)9-13-7-12(10-19-13)5-4-6-14/h7,10-11,15H,6,8-9,14H2,1-3H3. The molecule has 1 aromatic heterocycles. The monoisotopic (exact) mass is 315 g/mol. The molecule has 0 atom stereocenters. The van der Waals surface area contributed by atoms with Crippen LogP contribution in [0, 0.1) is 17.8 Å². The van der Waals surface area contributed by atoms with Crippen LogP contribution in [0.4, 0.5) is 0 Å². The lowest BCUT2D eigenvalue weighted by molar-refractivity contribution is 0.451. The number of thiophene rings is 1. The van der Waals surface area contributed by atoms with E-state index in [-0.39, 0.29) is 5.92 Å². The molecule has 0 fully saturated rings. The molecule has 20 heavy (non-hydrogen) atoms. The van der Waals surface area contributed by atoms with E-state index in [1.807, 2.05) is 25.3 Å². The first-order valence-corrected chi connectivity index (χ1v) is 8.64. The van der Waals surface area contributed by atoms with Gasteiger partial charge in [-0.3, -0.25) is 0 Å². The molecular weight excluding hydrogens is 294 g/mol. The fourth-order valence-corrected chi connectivity index (χ4v) is 3.39. The van der Waals surface area contributed by atoms with Crippen LogP contribution in [0.2, 0.25) is 0 Å². The third-order valence-corrected chi connectivity index (χ3v) is 4.85. The lowest BCUT2D eigenvalue weighted by atomic mass is 10.2. The van der Waals surface area contributed by atoms with E-state index in [1.165, 1.54) is 15.6 Å². The van der Waals surface area contributed by atoms with Crippen molar-refractivity contribution in [2.24, 2.45) is 11.7 Å². The summed E-state index contributed by atoms with van der Waals surface area (Å²) in [5, 5.41) is 1.90. The van der Waals surface area contributed by atoms with Crippen LogP contribution in [0.25, 0.3) is 0 Å². The van der Waals surface area contributed by atoms with Crippen molar-refractivity contribution in [2.45, 2.75) is 20.4 Å². The lowest BCUT2D eigenvalue weighted by Gasteiger charge is -2.17. The second-order valence-electron chi connectivity index (χ2n) is 4.81. The van der Waals surface area contributed by atoms with Crippen molar-refractivity contribution in [3.63, 3.8) is 0 Å². The van der Waals surface area contributed by atoms with Gasteiger partial charge in [-0.25, -0.2) is 4.72 Å². The number of hydrogen-bond donors (Lipinski definition) is 2. The Morgan fingerprint density at radius 3 is 2.80 bits per heavy atom. The van der Waals surface area contributed by atoms with Crippen LogP contribution in [-0.2, 0) is 16.8 Å². The average Bonchev–Trinajstić information content (AvgIpc) is 2.81. The highest BCUT2D eigenvalue weighted by Crippen LogP contribution is 2.16. The number of nitrogens with two attached hydrogens (primary N) is 1. The maximum atomic E-state index is 12.0. The fraction of sp³-hybridized carbons (Fsp3) is 0.538. The Balaban J connectivity index is 2.65. The Kier molecular flexibility index (Phi) is 6.65. The fourth-order valence-electron chi connectivity index (χ4n) is 1.37. The molecule has 0 amide bonds. The van der Waals surface area contributed by atoms with Gasteiger partial charge in [0, 0.05) is 36.0 Å². The first kappa shape index (κ1) is 17.1. The van der Waals surface area contributed by atoms with Gasteiger partial charge in [-0.15, -0.1) is 11.3 Å². The summed E-state index contributed by atoms with van der Waals surface area (Å²) < 4.78 is 27.9. The van der Waals surface area contributed by atoms with Gasteiger partial charge < -0.3 is 5.73 Å². The van der Waals surface area contributed by atoms with E-state index in [2.05, 4.69) is 16.6 Å². The summed E-state index contributed by atoms with van der Waals surface area (Å²) in [7, 11) is -1.86. The molecule has 0 spiro atoms. The third-order valence-electron chi connectivity index (χ3n) is 2.45. The normalized spacial score (nSPS) is 11.7. The van der Waals surface area contributed by atoms with Gasteiger partial charge in [0.2, 0.25) is 0 Å². The average molecular weight is 315 g/mol. The van der Waals surface area contributed by atoms with Gasteiger partial charge in [-0.2, -0.15) is 12.7 Å². The minimum Gasteiger partial charge on any atom is -0.320 e. The molecule has 0 aliphatic rings. The summed E-state index contributed by atoms with van der Waals surface area (Å²) in [4.78, 5) is 0.948. The molecule has 1 aromatic rings. The summed E-state index contributed by atoms with van der Waals surface area (Å²) >= 11 is 1.49. The molecule has 1 heterocycles. The molecule has 1 rings (SSSR count). The summed E-state index contributed by atoms with van der Waals surface area (Å²) in [6, 6.07) is 1.89. The Morgan fingerprint density at radius 2 is 2.20 bits per heavy atom. The van der Waals surface area contributed by atoms with Crippen molar-refractivity contribution in [1.29, 1.82) is 0 Å². The second-order valence-corrected chi connectivity index (χ2v) is 7.67. The summed E-state index contributed by atoms with van der Waals surface area (Å²) in [6.07, 6.45) is 0. The number of nitrogens with one attached hydrogen (secondary N) is 1. The van der Waals surface area contributed by atoms with Gasteiger partial charge >= 0.3 is 0 Å². The molecule has 7 heteroatoms. The van der Waals surface area contributed by atoms with Crippen molar-refractivity contribution in [3.05, 3.63) is 21.9 Å². The maximum Gasteiger partial charge on any atom is 0.279 e. The van der Waals surface area contributed by atoms with Gasteiger partial charge in [-0.05, 0) is 12.0 Å². The summed E-state index contributed by atoms with van der Waals surface area (Å²) in [5.41, 5.74) is 6.18. The van der Waals surface area contributed by atoms with Gasteiger partial charge in [0.25, 0.3) is 10.2 Å². The first-order valence-electron chi connectivity index (χ1n) is 6.32. The van der Waals surface area contributed by atoms with Crippen molar-refractivity contribution in [3.8, 4) is 11.8 Å². The summed E-state index contributed by atoms with van der Waals surface area (Å²) in [6.45, 7) is 5.01. The van der Waals surface area contributed by atoms with Crippen molar-refractivity contribution < 1.29 is 8.42 Å². The lowest BCUT2D eigenvalue weighted by Crippen LogP contribution is -2.39. The Morgan fingerprint density at radius 1 is 1.50 bits per heavy atom. The largest absolute Gasteiger partial charge is 0.320 e. The molecule has 0 aromatic carbocycles. The van der Waals surface area contributed by atoms with Crippen LogP contribution < -0.4 is 10.5 Å². The van der Waals surface area contributed by atoms with Crippen LogP contribution in [0.3, 0.4) is 0 Å². The SMILES string of the molecule is CC(C)CNS(=O)(=O)N(C)Cc1cc(C#CCN)cs1. The molecule has 0 radical (unpaired) electrons. The zero-order valence-corrected chi connectivity index (χ0v) is 13.6. The minimum atomic E-state index is -3.43. The molecular formula is C13H21N3O2S2. The smallest absolute Gasteiger partial charge is 0.279 e. The zero-order chi connectivity index (χ0) is 15.2. The Bertz CT molecular complexity index is 582. The van der Waals surface area contributed by atoms with Gasteiger partial charge in [0.15, 0.2) is 0 Å². The molecule has 0 aliphatic heterocycles. The van der Waals surface area contributed by atoms with Gasteiger partial charge in [0.1, 0.15) is 0 Å². The van der Waals surface area contributed by atoms with E-state index < -0.39 is 10.2 Å². The molecule has 112 valence electrons.